The van der Waals surface area contributed by atoms with Gasteiger partial charge in [0.05, 0.1) is 39.4 Å². The fourth-order valence-electron chi connectivity index (χ4n) is 7.51. The number of aromatic nitrogens is 4. The van der Waals surface area contributed by atoms with Crippen LogP contribution in [0.1, 0.15) is 43.7 Å². The van der Waals surface area contributed by atoms with Gasteiger partial charge in [0.25, 0.3) is 0 Å². The molecule has 17 heteroatoms. The van der Waals surface area contributed by atoms with Crippen LogP contribution in [0.3, 0.4) is 0 Å². The van der Waals surface area contributed by atoms with Crippen molar-refractivity contribution in [3.63, 3.8) is 0 Å². The second kappa shape index (κ2) is 20.8. The van der Waals surface area contributed by atoms with E-state index >= 15 is 0 Å². The van der Waals surface area contributed by atoms with Crippen LogP contribution >= 0.6 is 0 Å². The van der Waals surface area contributed by atoms with Crippen molar-refractivity contribution in [3.8, 4) is 0 Å². The van der Waals surface area contributed by atoms with Crippen LogP contribution in [0.2, 0.25) is 0 Å². The number of benzene rings is 3. The molecule has 0 radical (unpaired) electrons. The summed E-state index contributed by atoms with van der Waals surface area (Å²) in [6, 6.07) is 28.5. The topological polar surface area (TPSA) is 181 Å². The van der Waals surface area contributed by atoms with Gasteiger partial charge >= 0.3 is 17.9 Å². The average Bonchev–Trinajstić information content (AvgIpc) is 3.83. The molecule has 17 nitrogen and oxygen atoms in total. The van der Waals surface area contributed by atoms with Crippen molar-refractivity contribution in [3.05, 3.63) is 120 Å². The van der Waals surface area contributed by atoms with Crippen LogP contribution in [-0.2, 0) is 76.8 Å². The van der Waals surface area contributed by atoms with Gasteiger partial charge in [-0.25, -0.2) is 15.0 Å². The molecule has 2 aromatic heterocycles. The zero-order chi connectivity index (χ0) is 43.6. The Balaban J connectivity index is 1.27. The molecule has 9 atom stereocenters. The van der Waals surface area contributed by atoms with E-state index in [0.717, 1.165) is 16.7 Å². The summed E-state index contributed by atoms with van der Waals surface area (Å²) in [7, 11) is 3.68. The van der Waals surface area contributed by atoms with Crippen molar-refractivity contribution in [2.75, 3.05) is 32.2 Å². The Morgan fingerprint density at radius 2 is 1.13 bits per heavy atom. The van der Waals surface area contributed by atoms with Gasteiger partial charge in [-0.05, 0) is 16.7 Å². The van der Waals surface area contributed by atoms with Gasteiger partial charge in [0.15, 0.2) is 47.8 Å². The van der Waals surface area contributed by atoms with Crippen LogP contribution in [0, 0.1) is 0 Å². The highest BCUT2D eigenvalue weighted by atomic mass is 16.8. The molecule has 2 saturated heterocycles. The summed E-state index contributed by atoms with van der Waals surface area (Å²) < 4.78 is 58.9. The number of hydrogen-bond acceptors (Lipinski definition) is 16. The molecule has 0 unspecified atom stereocenters. The summed E-state index contributed by atoms with van der Waals surface area (Å²) in [6.45, 7) is 4.14. The first-order chi connectivity index (χ1) is 30.0. The smallest absolute Gasteiger partial charge is 0.303 e. The van der Waals surface area contributed by atoms with Crippen molar-refractivity contribution in [2.24, 2.45) is 0 Å². The van der Waals surface area contributed by atoms with E-state index in [9.17, 15) is 14.4 Å². The van der Waals surface area contributed by atoms with Gasteiger partial charge < -0.3 is 47.5 Å². The minimum atomic E-state index is -1.36. The van der Waals surface area contributed by atoms with Crippen molar-refractivity contribution in [1.29, 1.82) is 0 Å². The summed E-state index contributed by atoms with van der Waals surface area (Å²) in [5, 5.41) is 0. The van der Waals surface area contributed by atoms with Crippen LogP contribution in [0.4, 0.5) is 5.82 Å². The van der Waals surface area contributed by atoms with E-state index in [1.807, 2.05) is 110 Å². The number of rotatable bonds is 18. The van der Waals surface area contributed by atoms with E-state index in [0.29, 0.717) is 17.0 Å². The zero-order valence-corrected chi connectivity index (χ0v) is 35.2. The van der Waals surface area contributed by atoms with Crippen LogP contribution in [0.15, 0.2) is 104 Å². The standard InChI is InChI=1S/C45H51N5O12/c1-28(51)57-37-35(25-55-22-32-17-11-7-12-18-32)61-45(41(39(37)58-29(2)52)56-23-33-19-13-8-14-20-33)62-38-34(24-54-21-31-15-9-6-10-16-31)60-44(40(38)59-30(3)53)50-27-48-36-42(49(4)5)46-26-47-43(36)50/h6-20,26-27,34-35,37-41,44-45H,21-25H2,1-5H3/t34-,35-,37-,38-,39+,40-,41-,44-,45-/m1/s1. The van der Waals surface area contributed by atoms with Crippen LogP contribution in [0.25, 0.3) is 11.2 Å². The molecular formula is C45H51N5O12. The van der Waals surface area contributed by atoms with Crippen molar-refractivity contribution < 1.29 is 57.0 Å². The normalized spacial score (nSPS) is 24.7. The Kier molecular flexibility index (Phi) is 14.9. The Hall–Kier alpha value is -5.82. The monoisotopic (exact) mass is 853 g/mol. The van der Waals surface area contributed by atoms with Crippen molar-refractivity contribution in [1.82, 2.24) is 19.5 Å². The largest absolute Gasteiger partial charge is 0.456 e. The summed E-state index contributed by atoms with van der Waals surface area (Å²) in [6.07, 6.45) is -7.24. The van der Waals surface area contributed by atoms with Crippen molar-refractivity contribution >= 4 is 34.9 Å². The lowest BCUT2D eigenvalue weighted by molar-refractivity contribution is -0.331. The maximum absolute atomic E-state index is 13.0. The Morgan fingerprint density at radius 1 is 0.613 bits per heavy atom. The predicted molar refractivity (Wildman–Crippen MR) is 221 cm³/mol. The fourth-order valence-corrected chi connectivity index (χ4v) is 7.51. The summed E-state index contributed by atoms with van der Waals surface area (Å²) in [5.74, 6) is -1.35. The molecule has 4 heterocycles. The number of hydrogen-bond donors (Lipinski definition) is 0. The lowest BCUT2D eigenvalue weighted by Crippen LogP contribution is -2.63. The molecule has 328 valence electrons. The highest BCUT2D eigenvalue weighted by Crippen LogP contribution is 2.40. The second-order valence-electron chi connectivity index (χ2n) is 15.1. The quantitative estimate of drug-likeness (QED) is 0.0872. The van der Waals surface area contributed by atoms with Crippen molar-refractivity contribution in [2.45, 2.75) is 95.8 Å². The molecule has 0 bridgehead atoms. The lowest BCUT2D eigenvalue weighted by atomic mass is 9.97. The van der Waals surface area contributed by atoms with Gasteiger partial charge in [-0.1, -0.05) is 91.0 Å². The number of imidazole rings is 1. The maximum atomic E-state index is 13.0. The Labute approximate surface area is 359 Å². The van der Waals surface area contributed by atoms with E-state index in [1.54, 1.807) is 10.9 Å². The van der Waals surface area contributed by atoms with Crippen LogP contribution in [-0.4, -0.2) is 114 Å². The SMILES string of the molecule is CC(=O)O[C@@H]1[C@@H](OCc2ccccc2)[C@@H](O[C@H]2[C@@H](OC(C)=O)[C@H](n3cnc4c(N(C)C)ncnc43)O[C@@H]2COCc2ccccc2)O[C@H](COCc2ccccc2)[C@H]1OC(C)=O. The molecule has 0 aliphatic carbocycles. The number of carbonyl (C=O) groups excluding carboxylic acids is 3. The molecule has 62 heavy (non-hydrogen) atoms. The third-order valence-corrected chi connectivity index (χ3v) is 10.2. The van der Waals surface area contributed by atoms with E-state index in [-0.39, 0.29) is 33.0 Å². The average molecular weight is 854 g/mol. The predicted octanol–water partition coefficient (Wildman–Crippen LogP) is 4.71. The van der Waals surface area contributed by atoms with Crippen LogP contribution in [0.5, 0.6) is 0 Å². The van der Waals surface area contributed by atoms with E-state index in [1.165, 1.54) is 27.1 Å². The van der Waals surface area contributed by atoms with Gasteiger partial charge in [-0.2, -0.15) is 0 Å². The summed E-state index contributed by atoms with van der Waals surface area (Å²) in [5.41, 5.74) is 3.53. The van der Waals surface area contributed by atoms with Crippen LogP contribution < -0.4 is 4.90 Å². The molecule has 0 N–H and O–H groups in total. The van der Waals surface area contributed by atoms with E-state index in [2.05, 4.69) is 15.0 Å². The van der Waals surface area contributed by atoms with Gasteiger partial charge in [-0.3, -0.25) is 19.0 Å². The minimum absolute atomic E-state index is 0.0201. The van der Waals surface area contributed by atoms with E-state index < -0.39 is 73.2 Å². The van der Waals surface area contributed by atoms with E-state index in [4.69, 9.17) is 42.6 Å². The first-order valence-corrected chi connectivity index (χ1v) is 20.3. The van der Waals surface area contributed by atoms with Gasteiger partial charge in [0.2, 0.25) is 0 Å². The van der Waals surface area contributed by atoms with Gasteiger partial charge in [0.1, 0.15) is 30.7 Å². The second-order valence-corrected chi connectivity index (χ2v) is 15.1. The Bertz CT molecular complexity index is 2230. The Morgan fingerprint density at radius 3 is 1.68 bits per heavy atom. The number of nitrogens with zero attached hydrogens (tertiary/aromatic N) is 5. The first kappa shape index (κ1) is 44.2. The molecule has 2 aliphatic heterocycles. The number of esters is 3. The molecule has 0 amide bonds. The molecule has 7 rings (SSSR count). The molecule has 0 saturated carbocycles. The molecule has 5 aromatic rings. The number of ether oxygens (including phenoxy) is 9. The van der Waals surface area contributed by atoms with Gasteiger partial charge in [0, 0.05) is 34.9 Å². The third kappa shape index (κ3) is 11.0. The third-order valence-electron chi connectivity index (χ3n) is 10.2. The summed E-state index contributed by atoms with van der Waals surface area (Å²) >= 11 is 0. The molecule has 3 aromatic carbocycles. The highest BCUT2D eigenvalue weighted by molar-refractivity contribution is 5.83. The van der Waals surface area contributed by atoms with Gasteiger partial charge in [-0.15, -0.1) is 0 Å². The highest BCUT2D eigenvalue weighted by Gasteiger charge is 2.56. The molecule has 2 aliphatic rings. The number of fused-ring (bicyclic) bond motifs is 1. The maximum Gasteiger partial charge on any atom is 0.303 e. The summed E-state index contributed by atoms with van der Waals surface area (Å²) in [4.78, 5) is 53.9. The molecule has 0 spiro atoms. The fraction of sp³-hybridized carbons (Fsp3) is 0.422. The minimum Gasteiger partial charge on any atom is -0.456 e. The number of carbonyl (C=O) groups is 3. The molecular weight excluding hydrogens is 803 g/mol. The number of anilines is 1. The zero-order valence-electron chi connectivity index (χ0n) is 35.2. The molecule has 2 fully saturated rings. The first-order valence-electron chi connectivity index (χ1n) is 20.3. The lowest BCUT2D eigenvalue weighted by Gasteiger charge is -2.45.